The Bertz CT molecular complexity index is 1130. The molecule has 0 aliphatic carbocycles. The normalized spacial score (nSPS) is 21.6. The molecule has 0 radical (unpaired) electrons. The van der Waals surface area contributed by atoms with E-state index >= 15 is 0 Å². The number of nitrogens with one attached hydrogen (secondary N) is 1. The summed E-state index contributed by atoms with van der Waals surface area (Å²) < 4.78 is 11.4. The fourth-order valence-electron chi connectivity index (χ4n) is 4.56. The van der Waals surface area contributed by atoms with Gasteiger partial charge in [-0.1, -0.05) is 30.3 Å². The predicted molar refractivity (Wildman–Crippen MR) is 115 cm³/mol. The van der Waals surface area contributed by atoms with Gasteiger partial charge < -0.3 is 19.4 Å². The largest absolute Gasteiger partial charge is 0.481 e. The van der Waals surface area contributed by atoms with Gasteiger partial charge in [-0.2, -0.15) is 0 Å². The molecule has 3 aromatic rings. The molecule has 3 atom stereocenters. The summed E-state index contributed by atoms with van der Waals surface area (Å²) in [6, 6.07) is 17.4. The van der Waals surface area contributed by atoms with E-state index in [0.29, 0.717) is 23.4 Å². The zero-order chi connectivity index (χ0) is 20.7. The van der Waals surface area contributed by atoms with Gasteiger partial charge in [0.2, 0.25) is 0 Å². The van der Waals surface area contributed by atoms with Gasteiger partial charge in [-0.05, 0) is 43.0 Å². The summed E-state index contributed by atoms with van der Waals surface area (Å²) in [5.41, 5.74) is 1.78. The summed E-state index contributed by atoms with van der Waals surface area (Å²) in [5, 5.41) is 4.36. The molecule has 1 N–H and O–H groups in total. The highest BCUT2D eigenvalue weighted by Gasteiger charge is 2.36. The Kier molecular flexibility index (Phi) is 4.79. The zero-order valence-electron chi connectivity index (χ0n) is 16.8. The molecule has 2 bridgehead atoms. The van der Waals surface area contributed by atoms with E-state index < -0.39 is 11.7 Å². The highest BCUT2D eigenvalue weighted by atomic mass is 16.5. The van der Waals surface area contributed by atoms with Crippen LogP contribution in [0.25, 0.3) is 22.1 Å². The summed E-state index contributed by atoms with van der Waals surface area (Å²) in [6.45, 7) is 3.24. The molecule has 1 amide bonds. The molecule has 2 unspecified atom stereocenters. The lowest BCUT2D eigenvalue weighted by molar-refractivity contribution is -0.139. The first-order valence-electron chi connectivity index (χ1n) is 10.4. The Morgan fingerprint density at radius 1 is 1.10 bits per heavy atom. The number of amides is 1. The average Bonchev–Trinajstić information content (AvgIpc) is 3.10. The smallest absolute Gasteiger partial charge is 0.336 e. The van der Waals surface area contributed by atoms with E-state index in [-0.39, 0.29) is 5.91 Å². The van der Waals surface area contributed by atoms with E-state index in [4.69, 9.17) is 9.15 Å². The maximum absolute atomic E-state index is 12.9. The molecule has 2 fully saturated rings. The predicted octanol–water partition coefficient (Wildman–Crippen LogP) is 3.19. The Morgan fingerprint density at radius 3 is 2.57 bits per heavy atom. The van der Waals surface area contributed by atoms with Crippen LogP contribution in [-0.2, 0) is 4.79 Å². The van der Waals surface area contributed by atoms with E-state index in [1.54, 1.807) is 13.0 Å². The third-order valence-corrected chi connectivity index (χ3v) is 5.99. The SMILES string of the molecule is C[C@@H](Oc1ccc2c(-c3ccccc3)cc(=O)oc2c1)C(=O)N1CC2CCC(C1)N2. The lowest BCUT2D eigenvalue weighted by Crippen LogP contribution is -2.55. The molecule has 6 heteroatoms. The summed E-state index contributed by atoms with van der Waals surface area (Å²) in [7, 11) is 0. The minimum Gasteiger partial charge on any atom is -0.481 e. The first-order valence-corrected chi connectivity index (χ1v) is 10.4. The first kappa shape index (κ1) is 18.9. The first-order chi connectivity index (χ1) is 14.6. The topological polar surface area (TPSA) is 71.8 Å². The third kappa shape index (κ3) is 3.59. The number of ether oxygens (including phenoxy) is 1. The van der Waals surface area contributed by atoms with Crippen molar-refractivity contribution in [1.29, 1.82) is 0 Å². The lowest BCUT2D eigenvalue weighted by Gasteiger charge is -2.34. The van der Waals surface area contributed by atoms with Crippen LogP contribution in [-0.4, -0.2) is 42.1 Å². The molecule has 2 aliphatic rings. The molecule has 2 aromatic carbocycles. The second kappa shape index (κ2) is 7.61. The highest BCUT2D eigenvalue weighted by molar-refractivity contribution is 5.93. The molecule has 154 valence electrons. The van der Waals surface area contributed by atoms with Gasteiger partial charge in [-0.25, -0.2) is 4.79 Å². The lowest BCUT2D eigenvalue weighted by atomic mass is 10.0. The second-order valence-electron chi connectivity index (χ2n) is 8.14. The quantitative estimate of drug-likeness (QED) is 0.676. The van der Waals surface area contributed by atoms with Crippen LogP contribution >= 0.6 is 0 Å². The van der Waals surface area contributed by atoms with E-state index in [9.17, 15) is 9.59 Å². The number of piperazine rings is 1. The molecule has 0 saturated carbocycles. The zero-order valence-corrected chi connectivity index (χ0v) is 16.8. The van der Waals surface area contributed by atoms with E-state index in [1.165, 1.54) is 6.07 Å². The molecule has 0 spiro atoms. The second-order valence-corrected chi connectivity index (χ2v) is 8.14. The van der Waals surface area contributed by atoms with Gasteiger partial charge in [-0.15, -0.1) is 0 Å². The molecule has 1 aromatic heterocycles. The van der Waals surface area contributed by atoms with Crippen LogP contribution < -0.4 is 15.7 Å². The number of likely N-dealkylation sites (tertiary alicyclic amines) is 1. The Morgan fingerprint density at radius 2 is 1.83 bits per heavy atom. The summed E-state index contributed by atoms with van der Waals surface area (Å²) >= 11 is 0. The molecule has 30 heavy (non-hydrogen) atoms. The summed E-state index contributed by atoms with van der Waals surface area (Å²) in [4.78, 5) is 26.9. The van der Waals surface area contributed by atoms with Crippen LogP contribution in [0.3, 0.4) is 0 Å². The number of rotatable bonds is 4. The highest BCUT2D eigenvalue weighted by Crippen LogP contribution is 2.30. The monoisotopic (exact) mass is 404 g/mol. The van der Waals surface area contributed by atoms with Gasteiger partial charge in [0.1, 0.15) is 11.3 Å². The number of nitrogens with zero attached hydrogens (tertiary/aromatic N) is 1. The number of benzene rings is 2. The average molecular weight is 404 g/mol. The number of fused-ring (bicyclic) bond motifs is 3. The molecule has 2 aliphatic heterocycles. The minimum absolute atomic E-state index is 0.00649. The van der Waals surface area contributed by atoms with Crippen molar-refractivity contribution in [2.75, 3.05) is 13.1 Å². The molecule has 6 nitrogen and oxygen atoms in total. The number of carbonyl (C=O) groups excluding carboxylic acids is 1. The van der Waals surface area contributed by atoms with Crippen molar-refractivity contribution < 1.29 is 13.9 Å². The van der Waals surface area contributed by atoms with Crippen LogP contribution in [0.1, 0.15) is 19.8 Å². The van der Waals surface area contributed by atoms with Crippen molar-refractivity contribution in [1.82, 2.24) is 10.2 Å². The minimum atomic E-state index is -0.607. The molecule has 5 rings (SSSR count). The van der Waals surface area contributed by atoms with Crippen LogP contribution in [0, 0.1) is 0 Å². The Labute approximate surface area is 174 Å². The van der Waals surface area contributed by atoms with Gasteiger partial charge in [0.15, 0.2) is 6.10 Å². The fraction of sp³-hybridized carbons (Fsp3) is 0.333. The van der Waals surface area contributed by atoms with Gasteiger partial charge in [0, 0.05) is 42.7 Å². The Hall–Kier alpha value is -3.12. The molecular formula is C24H24N2O4. The van der Waals surface area contributed by atoms with Gasteiger partial charge in [0.25, 0.3) is 5.91 Å². The summed E-state index contributed by atoms with van der Waals surface area (Å²) in [5.74, 6) is 0.503. The van der Waals surface area contributed by atoms with E-state index in [2.05, 4.69) is 5.32 Å². The maximum atomic E-state index is 12.9. The van der Waals surface area contributed by atoms with Crippen LogP contribution in [0.4, 0.5) is 0 Å². The van der Waals surface area contributed by atoms with Crippen molar-refractivity contribution in [2.45, 2.75) is 38.0 Å². The van der Waals surface area contributed by atoms with Crippen molar-refractivity contribution in [2.24, 2.45) is 0 Å². The standard InChI is InChI=1S/C24H24N2O4/c1-15(24(28)26-13-17-7-8-18(14-26)25-17)29-19-9-10-20-21(16-5-3-2-4-6-16)12-23(27)30-22(20)11-19/h2-6,9-12,15,17-18,25H,7-8,13-14H2,1H3/t15-,17?,18?/m1/s1. The summed E-state index contributed by atoms with van der Waals surface area (Å²) in [6.07, 6.45) is 1.64. The molecule has 3 heterocycles. The van der Waals surface area contributed by atoms with Gasteiger partial charge in [0.05, 0.1) is 0 Å². The Balaban J connectivity index is 1.39. The van der Waals surface area contributed by atoms with E-state index in [1.807, 2.05) is 47.4 Å². The fourth-order valence-corrected chi connectivity index (χ4v) is 4.56. The van der Waals surface area contributed by atoms with Crippen LogP contribution in [0.2, 0.25) is 0 Å². The van der Waals surface area contributed by atoms with Crippen LogP contribution in [0.15, 0.2) is 63.8 Å². The molecular weight excluding hydrogens is 380 g/mol. The van der Waals surface area contributed by atoms with Crippen LogP contribution in [0.5, 0.6) is 5.75 Å². The van der Waals surface area contributed by atoms with Gasteiger partial charge in [-0.3, -0.25) is 4.79 Å². The number of hydrogen-bond acceptors (Lipinski definition) is 5. The number of hydrogen-bond donors (Lipinski definition) is 1. The van der Waals surface area contributed by atoms with Gasteiger partial charge >= 0.3 is 5.63 Å². The number of carbonyl (C=O) groups is 1. The van der Waals surface area contributed by atoms with Crippen molar-refractivity contribution in [3.63, 3.8) is 0 Å². The maximum Gasteiger partial charge on any atom is 0.336 e. The van der Waals surface area contributed by atoms with E-state index in [0.717, 1.165) is 42.4 Å². The van der Waals surface area contributed by atoms with Crippen molar-refractivity contribution in [3.05, 3.63) is 65.0 Å². The van der Waals surface area contributed by atoms with Crippen molar-refractivity contribution >= 4 is 16.9 Å². The van der Waals surface area contributed by atoms with Crippen molar-refractivity contribution in [3.8, 4) is 16.9 Å². The molecule has 2 saturated heterocycles. The third-order valence-electron chi connectivity index (χ3n) is 5.99.